The number of aromatic nitrogens is 1. The summed E-state index contributed by atoms with van der Waals surface area (Å²) in [6, 6.07) is 12.2. The third-order valence-electron chi connectivity index (χ3n) is 5.26. The van der Waals surface area contributed by atoms with E-state index in [4.69, 9.17) is 14.2 Å². The molecule has 2 heterocycles. The molecule has 3 rings (SSSR count). The van der Waals surface area contributed by atoms with Crippen LogP contribution in [0.4, 0.5) is 5.69 Å². The van der Waals surface area contributed by atoms with Crippen molar-refractivity contribution in [3.05, 3.63) is 36.4 Å². The highest BCUT2D eigenvalue weighted by Crippen LogP contribution is 2.34. The minimum absolute atomic E-state index is 0.0483. The third kappa shape index (κ3) is 5.43. The van der Waals surface area contributed by atoms with Gasteiger partial charge in [-0.2, -0.15) is 4.98 Å². The van der Waals surface area contributed by atoms with Crippen LogP contribution in [0.3, 0.4) is 0 Å². The van der Waals surface area contributed by atoms with Gasteiger partial charge < -0.3 is 19.1 Å². The van der Waals surface area contributed by atoms with E-state index in [0.29, 0.717) is 38.1 Å². The lowest BCUT2D eigenvalue weighted by Gasteiger charge is -2.39. The van der Waals surface area contributed by atoms with Gasteiger partial charge in [0.25, 0.3) is 0 Å². The Kier molecular flexibility index (Phi) is 7.94. The highest BCUT2D eigenvalue weighted by Gasteiger charge is 2.33. The number of rotatable bonds is 11. The first-order chi connectivity index (χ1) is 14.7. The van der Waals surface area contributed by atoms with Crippen LogP contribution in [0.5, 0.6) is 11.8 Å². The van der Waals surface area contributed by atoms with Crippen LogP contribution in [-0.4, -0.2) is 44.4 Å². The Labute approximate surface area is 179 Å². The zero-order valence-corrected chi connectivity index (χ0v) is 18.2. The van der Waals surface area contributed by atoms with E-state index in [0.717, 1.165) is 42.5 Å². The van der Waals surface area contributed by atoms with Crippen molar-refractivity contribution in [2.75, 3.05) is 38.3 Å². The van der Waals surface area contributed by atoms with Gasteiger partial charge in [0.1, 0.15) is 0 Å². The van der Waals surface area contributed by atoms with Crippen LogP contribution < -0.4 is 14.4 Å². The van der Waals surface area contributed by atoms with Crippen molar-refractivity contribution in [3.8, 4) is 22.9 Å². The van der Waals surface area contributed by atoms with E-state index in [1.807, 2.05) is 18.2 Å². The molecule has 0 saturated carbocycles. The standard InChI is InChI=1S/C24H32N2O4/c1-4-6-13-29-22-12-11-21(23(25-22)30-14-7-5-2)18-9-8-10-20(15-18)26-16-19(17-26)24(27)28-3/h8-12,15,19H,4-7,13-14,16-17H2,1-3H3. The molecule has 1 aromatic carbocycles. The highest BCUT2D eigenvalue weighted by atomic mass is 16.5. The van der Waals surface area contributed by atoms with Gasteiger partial charge in [-0.3, -0.25) is 4.79 Å². The molecule has 162 valence electrons. The Bertz CT molecular complexity index is 834. The van der Waals surface area contributed by atoms with Gasteiger partial charge in [0, 0.05) is 30.4 Å². The number of pyridine rings is 1. The fourth-order valence-electron chi connectivity index (χ4n) is 3.34. The second-order valence-corrected chi connectivity index (χ2v) is 7.58. The Hall–Kier alpha value is -2.76. The van der Waals surface area contributed by atoms with Gasteiger partial charge in [0.05, 0.1) is 26.2 Å². The molecule has 1 fully saturated rings. The van der Waals surface area contributed by atoms with Gasteiger partial charge in [-0.15, -0.1) is 0 Å². The molecule has 0 aliphatic carbocycles. The zero-order chi connectivity index (χ0) is 21.3. The number of unbranched alkanes of at least 4 members (excludes halogenated alkanes) is 2. The van der Waals surface area contributed by atoms with Crippen molar-refractivity contribution in [2.24, 2.45) is 5.92 Å². The number of hydrogen-bond acceptors (Lipinski definition) is 6. The number of hydrogen-bond donors (Lipinski definition) is 0. The van der Waals surface area contributed by atoms with E-state index in [1.54, 1.807) is 0 Å². The molecule has 0 spiro atoms. The maximum Gasteiger partial charge on any atom is 0.312 e. The maximum absolute atomic E-state index is 11.7. The summed E-state index contributed by atoms with van der Waals surface area (Å²) >= 11 is 0. The van der Waals surface area contributed by atoms with Crippen LogP contribution in [0, 0.1) is 5.92 Å². The molecule has 6 nitrogen and oxygen atoms in total. The second-order valence-electron chi connectivity index (χ2n) is 7.58. The van der Waals surface area contributed by atoms with Gasteiger partial charge in [-0.05, 0) is 36.6 Å². The second kappa shape index (κ2) is 10.9. The van der Waals surface area contributed by atoms with Crippen LogP contribution in [0.1, 0.15) is 39.5 Å². The first-order valence-electron chi connectivity index (χ1n) is 10.9. The predicted octanol–water partition coefficient (Wildman–Crippen LogP) is 4.72. The highest BCUT2D eigenvalue weighted by molar-refractivity contribution is 5.78. The molecule has 0 atom stereocenters. The van der Waals surface area contributed by atoms with Crippen molar-refractivity contribution >= 4 is 11.7 Å². The van der Waals surface area contributed by atoms with E-state index in [2.05, 4.69) is 41.9 Å². The summed E-state index contributed by atoms with van der Waals surface area (Å²) in [7, 11) is 1.44. The lowest BCUT2D eigenvalue weighted by atomic mass is 9.98. The topological polar surface area (TPSA) is 60.9 Å². The Morgan fingerprint density at radius 2 is 1.80 bits per heavy atom. The van der Waals surface area contributed by atoms with Gasteiger partial charge >= 0.3 is 5.97 Å². The summed E-state index contributed by atoms with van der Waals surface area (Å²) in [5, 5.41) is 0. The number of ether oxygens (including phenoxy) is 3. The molecule has 0 radical (unpaired) electrons. The van der Waals surface area contributed by atoms with E-state index < -0.39 is 0 Å². The molecule has 1 aromatic heterocycles. The number of nitrogens with zero attached hydrogens (tertiary/aromatic N) is 2. The predicted molar refractivity (Wildman–Crippen MR) is 118 cm³/mol. The van der Waals surface area contributed by atoms with Crippen molar-refractivity contribution in [2.45, 2.75) is 39.5 Å². The van der Waals surface area contributed by atoms with E-state index >= 15 is 0 Å². The molecule has 0 unspecified atom stereocenters. The third-order valence-corrected chi connectivity index (χ3v) is 5.26. The van der Waals surface area contributed by atoms with Gasteiger partial charge in [0.15, 0.2) is 0 Å². The SMILES string of the molecule is CCCCOc1ccc(-c2cccc(N3CC(C(=O)OC)C3)c2)c(OCCCC)n1. The number of benzene rings is 1. The monoisotopic (exact) mass is 412 g/mol. The van der Waals surface area contributed by atoms with Crippen molar-refractivity contribution in [3.63, 3.8) is 0 Å². The summed E-state index contributed by atoms with van der Waals surface area (Å²) in [5.74, 6) is 1.01. The number of methoxy groups -OCH3 is 1. The summed E-state index contributed by atoms with van der Waals surface area (Å²) in [4.78, 5) is 18.5. The largest absolute Gasteiger partial charge is 0.478 e. The van der Waals surface area contributed by atoms with Crippen molar-refractivity contribution in [1.82, 2.24) is 4.98 Å². The molecule has 0 amide bonds. The molecular weight excluding hydrogens is 380 g/mol. The fourth-order valence-corrected chi connectivity index (χ4v) is 3.34. The van der Waals surface area contributed by atoms with Gasteiger partial charge in [-0.25, -0.2) is 0 Å². The average Bonchev–Trinajstić information content (AvgIpc) is 2.73. The van der Waals surface area contributed by atoms with Crippen molar-refractivity contribution in [1.29, 1.82) is 0 Å². The lowest BCUT2D eigenvalue weighted by molar-refractivity contribution is -0.146. The summed E-state index contributed by atoms with van der Waals surface area (Å²) in [6.45, 7) is 6.92. The molecule has 0 bridgehead atoms. The zero-order valence-electron chi connectivity index (χ0n) is 18.2. The van der Waals surface area contributed by atoms with Crippen LogP contribution in [0.25, 0.3) is 11.1 Å². The number of carbonyl (C=O) groups is 1. The molecular formula is C24H32N2O4. The fraction of sp³-hybridized carbons (Fsp3) is 0.500. The normalized spacial score (nSPS) is 13.6. The average molecular weight is 413 g/mol. The van der Waals surface area contributed by atoms with Gasteiger partial charge in [-0.1, -0.05) is 38.8 Å². The molecule has 30 heavy (non-hydrogen) atoms. The van der Waals surface area contributed by atoms with E-state index in [-0.39, 0.29) is 11.9 Å². The minimum Gasteiger partial charge on any atom is -0.478 e. The maximum atomic E-state index is 11.7. The Morgan fingerprint density at radius 3 is 2.50 bits per heavy atom. The molecule has 1 aliphatic heterocycles. The molecule has 0 N–H and O–H groups in total. The molecule has 2 aromatic rings. The summed E-state index contributed by atoms with van der Waals surface area (Å²) in [6.07, 6.45) is 4.12. The Morgan fingerprint density at radius 1 is 1.07 bits per heavy atom. The molecule has 6 heteroatoms. The summed E-state index contributed by atoms with van der Waals surface area (Å²) < 4.78 is 16.6. The first kappa shape index (κ1) is 21.9. The van der Waals surface area contributed by atoms with Crippen LogP contribution in [-0.2, 0) is 9.53 Å². The van der Waals surface area contributed by atoms with Crippen molar-refractivity contribution < 1.29 is 19.0 Å². The number of carbonyl (C=O) groups excluding carboxylic acids is 1. The smallest absolute Gasteiger partial charge is 0.312 e. The lowest BCUT2D eigenvalue weighted by Crippen LogP contribution is -2.50. The van der Waals surface area contributed by atoms with E-state index in [9.17, 15) is 4.79 Å². The number of esters is 1. The van der Waals surface area contributed by atoms with E-state index in [1.165, 1.54) is 7.11 Å². The quantitative estimate of drug-likeness (QED) is 0.393. The van der Waals surface area contributed by atoms with Crippen LogP contribution in [0.2, 0.25) is 0 Å². The summed E-state index contributed by atoms with van der Waals surface area (Å²) in [5.41, 5.74) is 3.06. The molecule has 1 saturated heterocycles. The minimum atomic E-state index is -0.142. The van der Waals surface area contributed by atoms with Crippen LogP contribution in [0.15, 0.2) is 36.4 Å². The molecule has 1 aliphatic rings. The first-order valence-corrected chi connectivity index (χ1v) is 10.9. The number of anilines is 1. The Balaban J connectivity index is 1.78. The van der Waals surface area contributed by atoms with Crippen LogP contribution >= 0.6 is 0 Å². The van der Waals surface area contributed by atoms with Gasteiger partial charge in [0.2, 0.25) is 11.8 Å².